The molecule has 0 heterocycles. The third-order valence-corrected chi connectivity index (χ3v) is 3.47. The zero-order valence-electron chi connectivity index (χ0n) is 12.9. The molecule has 0 bridgehead atoms. The van der Waals surface area contributed by atoms with Crippen LogP contribution in [0.15, 0.2) is 42.5 Å². The summed E-state index contributed by atoms with van der Waals surface area (Å²) in [6.07, 6.45) is 0.629. The number of aliphatic hydroxyl groups is 1. The van der Waals surface area contributed by atoms with E-state index in [1.54, 1.807) is 25.2 Å². The van der Waals surface area contributed by atoms with Gasteiger partial charge < -0.3 is 21.1 Å². The number of hydrogen-bond donors (Lipinski definition) is 3. The minimum atomic E-state index is -0.383. The van der Waals surface area contributed by atoms with Crippen molar-refractivity contribution in [1.82, 2.24) is 0 Å². The van der Waals surface area contributed by atoms with Crippen molar-refractivity contribution in [3.63, 3.8) is 0 Å². The van der Waals surface area contributed by atoms with Crippen LogP contribution in [0.3, 0.4) is 0 Å². The molecule has 0 aliphatic heterocycles. The van der Waals surface area contributed by atoms with E-state index in [1.807, 2.05) is 0 Å². The number of carbonyl (C=O) groups excluding carboxylic acids is 1. The molecule has 0 saturated heterocycles. The molecule has 5 nitrogen and oxygen atoms in total. The third kappa shape index (κ3) is 4.20. The molecule has 0 radical (unpaired) electrons. The molecule has 0 aliphatic rings. The molecular weight excluding hydrogens is 297 g/mol. The van der Waals surface area contributed by atoms with Gasteiger partial charge in [-0.05, 0) is 48.9 Å². The Morgan fingerprint density at radius 2 is 1.96 bits per heavy atom. The number of aliphatic hydroxyl groups excluding tert-OH is 1. The van der Waals surface area contributed by atoms with Gasteiger partial charge in [-0.2, -0.15) is 0 Å². The van der Waals surface area contributed by atoms with Crippen molar-refractivity contribution in [2.24, 2.45) is 0 Å². The normalized spacial score (nSPS) is 10.4. The van der Waals surface area contributed by atoms with Gasteiger partial charge in [0.2, 0.25) is 0 Å². The van der Waals surface area contributed by atoms with Crippen molar-refractivity contribution in [3.8, 4) is 0 Å². The Kier molecular flexibility index (Phi) is 5.54. The van der Waals surface area contributed by atoms with E-state index in [9.17, 15) is 9.18 Å². The second-order valence-corrected chi connectivity index (χ2v) is 5.15. The SMILES string of the molecule is CN(C(=O)c1ccc(F)cc1)c1ccc(NCCCO)c(N)c1. The Hall–Kier alpha value is -2.60. The van der Waals surface area contributed by atoms with E-state index in [0.29, 0.717) is 29.9 Å². The summed E-state index contributed by atoms with van der Waals surface area (Å²) in [5.74, 6) is -0.628. The number of benzene rings is 2. The first-order valence-electron chi connectivity index (χ1n) is 7.31. The molecule has 6 heteroatoms. The lowest BCUT2D eigenvalue weighted by Gasteiger charge is -2.19. The number of hydrogen-bond acceptors (Lipinski definition) is 4. The molecule has 0 fully saturated rings. The van der Waals surface area contributed by atoms with Gasteiger partial charge >= 0.3 is 0 Å². The number of anilines is 3. The van der Waals surface area contributed by atoms with Crippen LogP contribution in [-0.4, -0.2) is 31.2 Å². The second-order valence-electron chi connectivity index (χ2n) is 5.15. The fourth-order valence-corrected chi connectivity index (χ4v) is 2.13. The van der Waals surface area contributed by atoms with Crippen LogP contribution in [0.4, 0.5) is 21.5 Å². The molecule has 0 unspecified atom stereocenters. The highest BCUT2D eigenvalue weighted by Gasteiger charge is 2.14. The number of nitrogen functional groups attached to an aromatic ring is 1. The van der Waals surface area contributed by atoms with Gasteiger partial charge in [0.15, 0.2) is 0 Å². The summed E-state index contributed by atoms with van der Waals surface area (Å²) in [6, 6.07) is 10.7. The summed E-state index contributed by atoms with van der Waals surface area (Å²) in [6.45, 7) is 0.726. The molecule has 0 aromatic heterocycles. The fourth-order valence-electron chi connectivity index (χ4n) is 2.13. The molecule has 0 atom stereocenters. The number of nitrogens with one attached hydrogen (secondary N) is 1. The minimum absolute atomic E-state index is 0.111. The fraction of sp³-hybridized carbons (Fsp3) is 0.235. The molecule has 0 saturated carbocycles. The summed E-state index contributed by atoms with van der Waals surface area (Å²) in [4.78, 5) is 13.8. The standard InChI is InChI=1S/C17H20FN3O2/c1-21(17(23)12-3-5-13(18)6-4-12)14-7-8-16(15(19)11-14)20-9-2-10-22/h3-8,11,20,22H,2,9-10,19H2,1H3. The van der Waals surface area contributed by atoms with Crippen LogP contribution >= 0.6 is 0 Å². The maximum atomic E-state index is 12.9. The average molecular weight is 317 g/mol. The second kappa shape index (κ2) is 7.60. The molecule has 0 spiro atoms. The topological polar surface area (TPSA) is 78.6 Å². The molecule has 23 heavy (non-hydrogen) atoms. The first-order chi connectivity index (χ1) is 11.0. The van der Waals surface area contributed by atoms with E-state index in [4.69, 9.17) is 10.8 Å². The number of amides is 1. The van der Waals surface area contributed by atoms with E-state index >= 15 is 0 Å². The van der Waals surface area contributed by atoms with Crippen LogP contribution in [0.5, 0.6) is 0 Å². The lowest BCUT2D eigenvalue weighted by Crippen LogP contribution is -2.26. The van der Waals surface area contributed by atoms with Crippen LogP contribution in [0.2, 0.25) is 0 Å². The summed E-state index contributed by atoms with van der Waals surface area (Å²) >= 11 is 0. The smallest absolute Gasteiger partial charge is 0.258 e. The largest absolute Gasteiger partial charge is 0.397 e. The summed E-state index contributed by atoms with van der Waals surface area (Å²) in [5, 5.41) is 11.9. The van der Waals surface area contributed by atoms with E-state index < -0.39 is 0 Å². The zero-order chi connectivity index (χ0) is 16.8. The number of nitrogens with zero attached hydrogens (tertiary/aromatic N) is 1. The molecule has 4 N–H and O–H groups in total. The molecule has 1 amide bonds. The average Bonchev–Trinajstić information content (AvgIpc) is 2.56. The van der Waals surface area contributed by atoms with Gasteiger partial charge in [0.1, 0.15) is 5.82 Å². The van der Waals surface area contributed by atoms with E-state index in [0.717, 1.165) is 5.69 Å². The van der Waals surface area contributed by atoms with Crippen LogP contribution in [-0.2, 0) is 0 Å². The van der Waals surface area contributed by atoms with Crippen molar-refractivity contribution in [3.05, 3.63) is 53.8 Å². The van der Waals surface area contributed by atoms with E-state index in [1.165, 1.54) is 29.2 Å². The summed E-state index contributed by atoms with van der Waals surface area (Å²) in [5.41, 5.74) is 8.30. The highest BCUT2D eigenvalue weighted by atomic mass is 19.1. The Labute approximate surface area is 134 Å². The Bertz CT molecular complexity index is 674. The summed E-state index contributed by atoms with van der Waals surface area (Å²) in [7, 11) is 1.64. The first kappa shape index (κ1) is 16.8. The molecule has 2 aromatic carbocycles. The predicted octanol–water partition coefficient (Wildman–Crippen LogP) is 2.48. The van der Waals surface area contributed by atoms with Crippen molar-refractivity contribution in [2.75, 3.05) is 36.1 Å². The number of rotatable bonds is 6. The third-order valence-electron chi connectivity index (χ3n) is 3.47. The van der Waals surface area contributed by atoms with Crippen molar-refractivity contribution >= 4 is 23.0 Å². The van der Waals surface area contributed by atoms with Gasteiger partial charge in [0, 0.05) is 31.5 Å². The van der Waals surface area contributed by atoms with Crippen molar-refractivity contribution in [1.29, 1.82) is 0 Å². The van der Waals surface area contributed by atoms with Crippen LogP contribution in [0.1, 0.15) is 16.8 Å². The Morgan fingerprint density at radius 3 is 2.57 bits per heavy atom. The molecule has 2 rings (SSSR count). The van der Waals surface area contributed by atoms with Gasteiger partial charge in [-0.15, -0.1) is 0 Å². The minimum Gasteiger partial charge on any atom is -0.397 e. The van der Waals surface area contributed by atoms with Gasteiger partial charge in [-0.1, -0.05) is 0 Å². The van der Waals surface area contributed by atoms with E-state index in [-0.39, 0.29) is 18.3 Å². The van der Waals surface area contributed by atoms with Crippen molar-refractivity contribution in [2.45, 2.75) is 6.42 Å². The van der Waals surface area contributed by atoms with Gasteiger partial charge in [0.05, 0.1) is 11.4 Å². The molecule has 0 aliphatic carbocycles. The van der Waals surface area contributed by atoms with Crippen molar-refractivity contribution < 1.29 is 14.3 Å². The van der Waals surface area contributed by atoms with Gasteiger partial charge in [-0.3, -0.25) is 4.79 Å². The molecule has 122 valence electrons. The van der Waals surface area contributed by atoms with Crippen LogP contribution < -0.4 is 16.0 Å². The van der Waals surface area contributed by atoms with Crippen LogP contribution in [0.25, 0.3) is 0 Å². The number of carbonyl (C=O) groups is 1. The number of halogens is 1. The quantitative estimate of drug-likeness (QED) is 0.565. The molecular formula is C17H20FN3O2. The van der Waals surface area contributed by atoms with Gasteiger partial charge in [0.25, 0.3) is 5.91 Å². The maximum absolute atomic E-state index is 12.9. The van der Waals surface area contributed by atoms with E-state index in [2.05, 4.69) is 5.32 Å². The summed E-state index contributed by atoms with van der Waals surface area (Å²) < 4.78 is 12.9. The molecule has 2 aromatic rings. The highest BCUT2D eigenvalue weighted by Crippen LogP contribution is 2.25. The first-order valence-corrected chi connectivity index (χ1v) is 7.31. The Morgan fingerprint density at radius 1 is 1.26 bits per heavy atom. The Balaban J connectivity index is 2.12. The van der Waals surface area contributed by atoms with Gasteiger partial charge in [-0.25, -0.2) is 4.39 Å². The number of nitrogens with two attached hydrogens (primary N) is 1. The lowest BCUT2D eigenvalue weighted by atomic mass is 10.1. The zero-order valence-corrected chi connectivity index (χ0v) is 12.9. The predicted molar refractivity (Wildman–Crippen MR) is 90.2 cm³/mol. The lowest BCUT2D eigenvalue weighted by molar-refractivity contribution is 0.0993. The maximum Gasteiger partial charge on any atom is 0.258 e. The van der Waals surface area contributed by atoms with Crippen LogP contribution in [0, 0.1) is 5.82 Å². The monoisotopic (exact) mass is 317 g/mol. The highest BCUT2D eigenvalue weighted by molar-refractivity contribution is 6.06.